The third kappa shape index (κ3) is 5.73. The SMILES string of the molecule is CCOc1ncccc1C1C(C2C(=O)Nc3cc(F)c(F)cc32)[N+](C(=O)[O-])(S(=O)(=O)c2ccc(OC)cc2OC)CCN1C1CCN(C)CC1. The molecule has 268 valence electrons. The van der Waals surface area contributed by atoms with Gasteiger partial charge < -0.3 is 34.3 Å². The third-order valence-electron chi connectivity index (χ3n) is 10.1. The fourth-order valence-corrected chi connectivity index (χ4v) is 9.82. The number of anilines is 1. The molecule has 13 nitrogen and oxygen atoms in total. The number of hydrogen-bond acceptors (Lipinski definition) is 11. The fourth-order valence-electron chi connectivity index (χ4n) is 7.76. The molecule has 0 radical (unpaired) electrons. The predicted molar refractivity (Wildman–Crippen MR) is 174 cm³/mol. The minimum Gasteiger partial charge on any atom is -0.497 e. The molecule has 2 saturated heterocycles. The molecule has 0 saturated carbocycles. The van der Waals surface area contributed by atoms with Crippen LogP contribution in [-0.2, 0) is 14.8 Å². The van der Waals surface area contributed by atoms with E-state index in [-0.39, 0.29) is 47.8 Å². The summed E-state index contributed by atoms with van der Waals surface area (Å²) in [5, 5.41) is 16.5. The lowest BCUT2D eigenvalue weighted by Crippen LogP contribution is -2.76. The minimum absolute atomic E-state index is 0.0549. The van der Waals surface area contributed by atoms with Crippen molar-refractivity contribution >= 4 is 27.7 Å². The Morgan fingerprint density at radius 3 is 2.44 bits per heavy atom. The summed E-state index contributed by atoms with van der Waals surface area (Å²) >= 11 is 0. The summed E-state index contributed by atoms with van der Waals surface area (Å²) in [4.78, 5) is 36.2. The maximum Gasteiger partial charge on any atom is 0.337 e. The lowest BCUT2D eigenvalue weighted by molar-refractivity contribution is -0.797. The van der Waals surface area contributed by atoms with Crippen LogP contribution in [0.1, 0.15) is 42.9 Å². The van der Waals surface area contributed by atoms with Gasteiger partial charge in [-0.1, -0.05) is 6.07 Å². The zero-order chi connectivity index (χ0) is 36.0. The number of benzene rings is 2. The molecule has 4 atom stereocenters. The van der Waals surface area contributed by atoms with Gasteiger partial charge in [0.05, 0.1) is 33.4 Å². The fraction of sp³-hybridized carbons (Fsp3) is 0.441. The molecular weight excluding hydrogens is 676 g/mol. The van der Waals surface area contributed by atoms with E-state index < -0.39 is 67.0 Å². The summed E-state index contributed by atoms with van der Waals surface area (Å²) < 4.78 is 74.9. The number of quaternary nitrogens is 1. The van der Waals surface area contributed by atoms with Gasteiger partial charge in [0.15, 0.2) is 16.5 Å². The molecule has 0 spiro atoms. The highest BCUT2D eigenvalue weighted by molar-refractivity contribution is 7.86. The molecule has 4 unspecified atom stereocenters. The first-order valence-corrected chi connectivity index (χ1v) is 17.7. The van der Waals surface area contributed by atoms with Crippen molar-refractivity contribution in [1.82, 2.24) is 14.8 Å². The summed E-state index contributed by atoms with van der Waals surface area (Å²) in [6.07, 6.45) is 0.789. The Balaban J connectivity index is 1.69. The van der Waals surface area contributed by atoms with Crippen LogP contribution < -0.4 is 24.6 Å². The van der Waals surface area contributed by atoms with Crippen molar-refractivity contribution in [3.63, 3.8) is 0 Å². The van der Waals surface area contributed by atoms with Crippen molar-refractivity contribution in [2.24, 2.45) is 0 Å². The second-order valence-electron chi connectivity index (χ2n) is 12.6. The number of pyridine rings is 1. The number of nitrogens with zero attached hydrogens (tertiary/aromatic N) is 4. The first-order valence-electron chi connectivity index (χ1n) is 16.3. The number of piperidine rings is 1. The molecule has 16 heteroatoms. The summed E-state index contributed by atoms with van der Waals surface area (Å²) in [5.74, 6) is -4.80. The molecule has 3 aromatic rings. The number of ether oxygens (including phenoxy) is 3. The normalized spacial score (nSPS) is 24.8. The van der Waals surface area contributed by atoms with Crippen LogP contribution in [0.3, 0.4) is 0 Å². The Morgan fingerprint density at radius 2 is 1.78 bits per heavy atom. The Kier molecular flexibility index (Phi) is 9.74. The van der Waals surface area contributed by atoms with Crippen LogP contribution in [-0.4, -0.2) is 105 Å². The number of hydrogen-bond donors (Lipinski definition) is 1. The van der Waals surface area contributed by atoms with E-state index >= 15 is 12.8 Å². The van der Waals surface area contributed by atoms with Gasteiger partial charge in [-0.2, -0.15) is 12.3 Å². The van der Waals surface area contributed by atoms with Crippen LogP contribution in [0.25, 0.3) is 0 Å². The van der Waals surface area contributed by atoms with Crippen LogP contribution in [0, 0.1) is 11.6 Å². The molecule has 0 bridgehead atoms. The summed E-state index contributed by atoms with van der Waals surface area (Å²) in [6.45, 7) is 2.73. The lowest BCUT2D eigenvalue weighted by atomic mass is 9.80. The van der Waals surface area contributed by atoms with Crippen LogP contribution in [0.5, 0.6) is 17.4 Å². The van der Waals surface area contributed by atoms with Crippen LogP contribution in [0.4, 0.5) is 19.3 Å². The first-order chi connectivity index (χ1) is 23.9. The molecule has 0 aliphatic carbocycles. The quantitative estimate of drug-likeness (QED) is 0.326. The number of aromatic nitrogens is 1. The molecular formula is C34H39F2N5O8S. The Hall–Kier alpha value is -4.38. The van der Waals surface area contributed by atoms with Gasteiger partial charge in [0.1, 0.15) is 30.0 Å². The van der Waals surface area contributed by atoms with E-state index in [1.165, 1.54) is 38.6 Å². The molecule has 3 aliphatic rings. The van der Waals surface area contributed by atoms with Crippen molar-refractivity contribution in [2.45, 2.75) is 48.7 Å². The van der Waals surface area contributed by atoms with Gasteiger partial charge in [-0.05, 0) is 69.7 Å². The number of rotatable bonds is 9. The molecule has 4 heterocycles. The second kappa shape index (κ2) is 13.7. The van der Waals surface area contributed by atoms with Crippen LogP contribution in [0.2, 0.25) is 0 Å². The molecule has 3 aliphatic heterocycles. The number of carbonyl (C=O) groups excluding carboxylic acids is 2. The topological polar surface area (TPSA) is 150 Å². The van der Waals surface area contributed by atoms with Crippen molar-refractivity contribution in [1.29, 1.82) is 0 Å². The third-order valence-corrected chi connectivity index (χ3v) is 12.4. The van der Waals surface area contributed by atoms with Crippen molar-refractivity contribution in [3.05, 3.63) is 71.4 Å². The maximum absolute atomic E-state index is 15.2. The molecule has 50 heavy (non-hydrogen) atoms. The van der Waals surface area contributed by atoms with E-state index in [1.807, 2.05) is 11.9 Å². The van der Waals surface area contributed by atoms with Crippen molar-refractivity contribution in [2.75, 3.05) is 59.4 Å². The van der Waals surface area contributed by atoms with Crippen molar-refractivity contribution < 1.29 is 50.0 Å². The maximum atomic E-state index is 15.2. The average Bonchev–Trinajstić information content (AvgIpc) is 3.41. The molecule has 1 aromatic heterocycles. The smallest absolute Gasteiger partial charge is 0.337 e. The number of nitrogens with one attached hydrogen (secondary N) is 1. The number of carbonyl (C=O) groups is 2. The predicted octanol–water partition coefficient (Wildman–Crippen LogP) is 2.88. The Bertz CT molecular complexity index is 1910. The van der Waals surface area contributed by atoms with Gasteiger partial charge >= 0.3 is 10.0 Å². The molecule has 6 rings (SSSR count). The zero-order valence-corrected chi connectivity index (χ0v) is 28.9. The van der Waals surface area contributed by atoms with Gasteiger partial charge in [-0.25, -0.2) is 13.8 Å². The average molecular weight is 716 g/mol. The van der Waals surface area contributed by atoms with E-state index in [1.54, 1.807) is 19.1 Å². The highest BCUT2D eigenvalue weighted by Crippen LogP contribution is 2.53. The molecule has 2 fully saturated rings. The van der Waals surface area contributed by atoms with Gasteiger partial charge in [-0.3, -0.25) is 9.69 Å². The van der Waals surface area contributed by atoms with Gasteiger partial charge in [0.2, 0.25) is 11.8 Å². The number of amides is 2. The molecule has 2 aromatic carbocycles. The highest BCUT2D eigenvalue weighted by Gasteiger charge is 2.65. The van der Waals surface area contributed by atoms with E-state index in [4.69, 9.17) is 14.2 Å². The minimum atomic E-state index is -5.10. The van der Waals surface area contributed by atoms with E-state index in [0.717, 1.165) is 12.1 Å². The van der Waals surface area contributed by atoms with Gasteiger partial charge in [0, 0.05) is 35.6 Å². The monoisotopic (exact) mass is 715 g/mol. The van der Waals surface area contributed by atoms with Gasteiger partial charge in [0.25, 0.3) is 6.09 Å². The lowest BCUT2D eigenvalue weighted by Gasteiger charge is -2.55. The Labute approximate surface area is 289 Å². The summed E-state index contributed by atoms with van der Waals surface area (Å²) in [5.41, 5.74) is 0.153. The largest absolute Gasteiger partial charge is 0.497 e. The first kappa shape index (κ1) is 35.4. The number of halogens is 2. The second-order valence-corrected chi connectivity index (χ2v) is 14.7. The van der Waals surface area contributed by atoms with Crippen LogP contribution in [0.15, 0.2) is 53.6 Å². The summed E-state index contributed by atoms with van der Waals surface area (Å²) in [6, 6.07) is 5.66. The molecule has 2 amide bonds. The van der Waals surface area contributed by atoms with E-state index in [0.29, 0.717) is 31.5 Å². The number of likely N-dealkylation sites (tertiary alicyclic amines) is 1. The number of carboxylic acid groups (broad SMARTS) is 1. The van der Waals surface area contributed by atoms with Crippen LogP contribution >= 0.6 is 0 Å². The standard InChI is InChI=1S/C34H39F2N5O8S/c1-5-49-33-22(7-6-12-37-33)30-31(29-23-18-24(35)25(36)19-26(23)38-32(29)42)41(34(43)44,16-15-40(30)20-10-13-39(2)14-11-20)50(45,46)28-9-8-21(47-3)17-27(28)48-4/h6-9,12,17-20,29-31H,5,10-11,13-16H2,1-4H3,(H-,38,42,43,44). The highest BCUT2D eigenvalue weighted by atomic mass is 32.2. The number of piperazine rings is 1. The number of sulfonamides is 1. The molecule has 1 N–H and O–H groups in total. The van der Waals surface area contributed by atoms with Gasteiger partial charge in [-0.15, -0.1) is 0 Å². The summed E-state index contributed by atoms with van der Waals surface area (Å²) in [7, 11) is -0.501. The van der Waals surface area contributed by atoms with E-state index in [2.05, 4.69) is 15.2 Å². The number of fused-ring (bicyclic) bond motifs is 1. The van der Waals surface area contributed by atoms with E-state index in [9.17, 15) is 19.1 Å². The Morgan fingerprint density at radius 1 is 1.06 bits per heavy atom. The number of methoxy groups -OCH3 is 2. The van der Waals surface area contributed by atoms with Crippen molar-refractivity contribution in [3.8, 4) is 17.4 Å². The zero-order valence-electron chi connectivity index (χ0n) is 28.1.